The summed E-state index contributed by atoms with van der Waals surface area (Å²) in [5, 5.41) is 7.33. The van der Waals surface area contributed by atoms with E-state index in [9.17, 15) is 0 Å². The molecule has 0 saturated heterocycles. The van der Waals surface area contributed by atoms with Crippen molar-refractivity contribution in [2.75, 3.05) is 20.1 Å². The van der Waals surface area contributed by atoms with Gasteiger partial charge in [0.05, 0.1) is 11.9 Å². The molecule has 0 fully saturated rings. The molecule has 0 saturated carbocycles. The first kappa shape index (κ1) is 13.1. The molecule has 0 radical (unpaired) electrons. The predicted octanol–water partition coefficient (Wildman–Crippen LogP) is 2.04. The lowest BCUT2D eigenvalue weighted by atomic mass is 10.0. The Bertz CT molecular complexity index is 627. The number of nitrogens with zero attached hydrogens (tertiary/aromatic N) is 2. The van der Waals surface area contributed by atoms with Gasteiger partial charge in [-0.1, -0.05) is 24.3 Å². The summed E-state index contributed by atoms with van der Waals surface area (Å²) in [6, 6.07) is 6.61. The first-order valence-electron chi connectivity index (χ1n) is 6.98. The van der Waals surface area contributed by atoms with Crippen molar-refractivity contribution >= 4 is 6.08 Å². The third-order valence-electron chi connectivity index (χ3n) is 3.74. The summed E-state index contributed by atoms with van der Waals surface area (Å²) in [7, 11) is 2.08. The Morgan fingerprint density at radius 3 is 3.15 bits per heavy atom. The van der Waals surface area contributed by atoms with Crippen molar-refractivity contribution in [1.29, 1.82) is 0 Å². The SMILES string of the molecule is CN(CCN)Cc1cn[nH]c1-c1ccc2c(c1)C=CC2. The highest BCUT2D eigenvalue weighted by Gasteiger charge is 2.12. The molecule has 3 N–H and O–H groups in total. The van der Waals surface area contributed by atoms with Crippen molar-refractivity contribution in [2.45, 2.75) is 13.0 Å². The van der Waals surface area contributed by atoms with E-state index in [2.05, 4.69) is 52.5 Å². The van der Waals surface area contributed by atoms with Crippen molar-refractivity contribution in [3.05, 3.63) is 47.2 Å². The second kappa shape index (κ2) is 5.61. The summed E-state index contributed by atoms with van der Waals surface area (Å²) in [5.74, 6) is 0. The molecule has 0 aliphatic heterocycles. The van der Waals surface area contributed by atoms with Crippen LogP contribution in [0, 0.1) is 0 Å². The topological polar surface area (TPSA) is 57.9 Å². The molecule has 3 rings (SSSR count). The quantitative estimate of drug-likeness (QED) is 0.872. The van der Waals surface area contributed by atoms with Crippen molar-refractivity contribution < 1.29 is 0 Å². The van der Waals surface area contributed by atoms with E-state index in [0.717, 1.165) is 25.2 Å². The number of hydrogen-bond donors (Lipinski definition) is 2. The molecule has 1 heterocycles. The average Bonchev–Trinajstić information content (AvgIpc) is 3.06. The Kier molecular flexibility index (Phi) is 3.67. The molecule has 1 aromatic heterocycles. The number of allylic oxidation sites excluding steroid dienone is 1. The number of H-pyrrole nitrogens is 1. The Hall–Kier alpha value is -1.91. The first-order chi connectivity index (χ1) is 9.78. The smallest absolute Gasteiger partial charge is 0.0695 e. The van der Waals surface area contributed by atoms with Gasteiger partial charge in [-0.15, -0.1) is 0 Å². The lowest BCUT2D eigenvalue weighted by Crippen LogP contribution is -2.25. The minimum absolute atomic E-state index is 0.674. The minimum Gasteiger partial charge on any atom is -0.329 e. The Balaban J connectivity index is 1.87. The van der Waals surface area contributed by atoms with Gasteiger partial charge < -0.3 is 10.6 Å². The molecule has 4 nitrogen and oxygen atoms in total. The van der Waals surface area contributed by atoms with Gasteiger partial charge in [-0.25, -0.2) is 0 Å². The summed E-state index contributed by atoms with van der Waals surface area (Å²) in [6.07, 6.45) is 7.35. The summed E-state index contributed by atoms with van der Waals surface area (Å²) in [6.45, 7) is 2.42. The number of likely N-dealkylation sites (N-methyl/N-ethyl adjacent to an activating group) is 1. The molecular formula is C16H20N4. The van der Waals surface area contributed by atoms with Crippen molar-refractivity contribution in [3.8, 4) is 11.3 Å². The lowest BCUT2D eigenvalue weighted by Gasteiger charge is -2.15. The van der Waals surface area contributed by atoms with Crippen LogP contribution in [0.25, 0.3) is 17.3 Å². The Labute approximate surface area is 119 Å². The van der Waals surface area contributed by atoms with Gasteiger partial charge >= 0.3 is 0 Å². The molecule has 1 aliphatic rings. The molecule has 0 bridgehead atoms. The van der Waals surface area contributed by atoms with Gasteiger partial charge in [0.2, 0.25) is 0 Å². The maximum Gasteiger partial charge on any atom is 0.0695 e. The fraction of sp³-hybridized carbons (Fsp3) is 0.312. The van der Waals surface area contributed by atoms with Crippen LogP contribution in [0.5, 0.6) is 0 Å². The van der Waals surface area contributed by atoms with Gasteiger partial charge in [-0.2, -0.15) is 5.10 Å². The van der Waals surface area contributed by atoms with Crippen LogP contribution < -0.4 is 5.73 Å². The maximum absolute atomic E-state index is 5.60. The molecule has 2 aromatic rings. The number of benzene rings is 1. The second-order valence-corrected chi connectivity index (χ2v) is 5.32. The summed E-state index contributed by atoms with van der Waals surface area (Å²) in [5.41, 5.74) is 11.8. The second-order valence-electron chi connectivity index (χ2n) is 5.32. The highest BCUT2D eigenvalue weighted by Crippen LogP contribution is 2.28. The molecule has 4 heteroatoms. The zero-order valence-corrected chi connectivity index (χ0v) is 11.8. The number of nitrogens with one attached hydrogen (secondary N) is 1. The van der Waals surface area contributed by atoms with E-state index in [-0.39, 0.29) is 0 Å². The van der Waals surface area contributed by atoms with Gasteiger partial charge in [0.1, 0.15) is 0 Å². The van der Waals surface area contributed by atoms with Gasteiger partial charge in [-0.05, 0) is 30.7 Å². The third kappa shape index (κ3) is 2.53. The van der Waals surface area contributed by atoms with Crippen LogP contribution in [0.2, 0.25) is 0 Å². The highest BCUT2D eigenvalue weighted by atomic mass is 15.1. The molecule has 104 valence electrons. The van der Waals surface area contributed by atoms with E-state index in [1.165, 1.54) is 22.3 Å². The van der Waals surface area contributed by atoms with E-state index >= 15 is 0 Å². The van der Waals surface area contributed by atoms with Gasteiger partial charge in [0, 0.05) is 30.8 Å². The van der Waals surface area contributed by atoms with Crippen LogP contribution >= 0.6 is 0 Å². The molecule has 20 heavy (non-hydrogen) atoms. The largest absolute Gasteiger partial charge is 0.329 e. The number of hydrogen-bond acceptors (Lipinski definition) is 3. The van der Waals surface area contributed by atoms with Crippen LogP contribution in [0.3, 0.4) is 0 Å². The summed E-state index contributed by atoms with van der Waals surface area (Å²) in [4.78, 5) is 2.21. The maximum atomic E-state index is 5.60. The van der Waals surface area contributed by atoms with Gasteiger partial charge in [-0.3, -0.25) is 5.10 Å². The van der Waals surface area contributed by atoms with Crippen LogP contribution in [0.1, 0.15) is 16.7 Å². The molecular weight excluding hydrogens is 248 g/mol. The summed E-state index contributed by atoms with van der Waals surface area (Å²) < 4.78 is 0. The molecule has 1 aromatic carbocycles. The third-order valence-corrected chi connectivity index (χ3v) is 3.74. The monoisotopic (exact) mass is 268 g/mol. The van der Waals surface area contributed by atoms with Crippen molar-refractivity contribution in [1.82, 2.24) is 15.1 Å². The van der Waals surface area contributed by atoms with Crippen molar-refractivity contribution in [3.63, 3.8) is 0 Å². The standard InChI is InChI=1S/C16H20N4/c1-20(8-7-17)11-15-10-18-19-16(15)14-6-5-12-3-2-4-13(12)9-14/h2,4-6,9-10H,3,7-8,11,17H2,1H3,(H,18,19). The Morgan fingerprint density at radius 1 is 1.40 bits per heavy atom. The molecule has 0 amide bonds. The van der Waals surface area contributed by atoms with Crippen molar-refractivity contribution in [2.24, 2.45) is 5.73 Å². The zero-order chi connectivity index (χ0) is 13.9. The van der Waals surface area contributed by atoms with Crippen LogP contribution in [0.15, 0.2) is 30.5 Å². The minimum atomic E-state index is 0.674. The summed E-state index contributed by atoms with van der Waals surface area (Å²) >= 11 is 0. The normalized spacial score (nSPS) is 13.2. The number of aromatic amines is 1. The van der Waals surface area contributed by atoms with Gasteiger partial charge in [0.25, 0.3) is 0 Å². The van der Waals surface area contributed by atoms with Gasteiger partial charge in [0.15, 0.2) is 0 Å². The lowest BCUT2D eigenvalue weighted by molar-refractivity contribution is 0.337. The van der Waals surface area contributed by atoms with Crippen LogP contribution in [0.4, 0.5) is 0 Å². The van der Waals surface area contributed by atoms with Crippen LogP contribution in [-0.4, -0.2) is 35.2 Å². The molecule has 1 aliphatic carbocycles. The van der Waals surface area contributed by atoms with E-state index < -0.39 is 0 Å². The van der Waals surface area contributed by atoms with Crippen LogP contribution in [-0.2, 0) is 13.0 Å². The van der Waals surface area contributed by atoms with E-state index in [1.54, 1.807) is 0 Å². The van der Waals surface area contributed by atoms with E-state index in [0.29, 0.717) is 6.54 Å². The molecule has 0 spiro atoms. The fourth-order valence-corrected chi connectivity index (χ4v) is 2.68. The first-order valence-corrected chi connectivity index (χ1v) is 6.98. The molecule has 0 unspecified atom stereocenters. The highest BCUT2D eigenvalue weighted by molar-refractivity contribution is 5.70. The number of nitrogens with two attached hydrogens (primary N) is 1. The Morgan fingerprint density at radius 2 is 2.30 bits per heavy atom. The number of rotatable bonds is 5. The predicted molar refractivity (Wildman–Crippen MR) is 82.2 cm³/mol. The average molecular weight is 268 g/mol. The number of fused-ring (bicyclic) bond motifs is 1. The van der Waals surface area contributed by atoms with E-state index in [1.807, 2.05) is 6.20 Å². The zero-order valence-electron chi connectivity index (χ0n) is 11.8. The fourth-order valence-electron chi connectivity index (χ4n) is 2.68. The van der Waals surface area contributed by atoms with E-state index in [4.69, 9.17) is 5.73 Å². The number of aromatic nitrogens is 2. The molecule has 0 atom stereocenters.